The summed E-state index contributed by atoms with van der Waals surface area (Å²) in [6, 6.07) is 5.48. The second-order valence-electron chi connectivity index (χ2n) is 4.69. The minimum atomic E-state index is -0.246. The van der Waals surface area contributed by atoms with E-state index >= 15 is 0 Å². The fourth-order valence-corrected chi connectivity index (χ4v) is 2.67. The fourth-order valence-electron chi connectivity index (χ4n) is 2.31. The van der Waals surface area contributed by atoms with Crippen LogP contribution in [0.3, 0.4) is 0 Å². The standard InChI is InChI=1S/C14H17BrO3/c1-17-13-5-4-10(15)8-11(13)12(16)9-14(18-2)6-3-7-14/h4-5,8H,3,6-7,9H2,1-2H3. The highest BCUT2D eigenvalue weighted by Crippen LogP contribution is 2.39. The second kappa shape index (κ2) is 5.41. The molecule has 0 aliphatic heterocycles. The Bertz CT molecular complexity index is 447. The van der Waals surface area contributed by atoms with E-state index in [4.69, 9.17) is 9.47 Å². The Morgan fingerprint density at radius 3 is 2.61 bits per heavy atom. The Morgan fingerprint density at radius 1 is 1.39 bits per heavy atom. The lowest BCUT2D eigenvalue weighted by Gasteiger charge is -2.40. The zero-order chi connectivity index (χ0) is 13.2. The maximum absolute atomic E-state index is 12.4. The molecule has 1 aliphatic rings. The van der Waals surface area contributed by atoms with E-state index in [-0.39, 0.29) is 11.4 Å². The molecule has 0 N–H and O–H groups in total. The van der Waals surface area contributed by atoms with Crippen molar-refractivity contribution in [1.29, 1.82) is 0 Å². The van der Waals surface area contributed by atoms with Gasteiger partial charge in [0, 0.05) is 18.0 Å². The molecule has 0 bridgehead atoms. The molecule has 4 heteroatoms. The van der Waals surface area contributed by atoms with Crippen LogP contribution in [0.4, 0.5) is 0 Å². The van der Waals surface area contributed by atoms with Crippen molar-refractivity contribution in [2.75, 3.05) is 14.2 Å². The minimum Gasteiger partial charge on any atom is -0.496 e. The van der Waals surface area contributed by atoms with Crippen molar-refractivity contribution >= 4 is 21.7 Å². The maximum Gasteiger partial charge on any atom is 0.169 e. The van der Waals surface area contributed by atoms with Crippen molar-refractivity contribution in [3.05, 3.63) is 28.2 Å². The maximum atomic E-state index is 12.4. The van der Waals surface area contributed by atoms with Gasteiger partial charge in [-0.1, -0.05) is 15.9 Å². The number of rotatable bonds is 5. The van der Waals surface area contributed by atoms with E-state index < -0.39 is 0 Å². The molecule has 0 unspecified atom stereocenters. The molecule has 0 spiro atoms. The fraction of sp³-hybridized carbons (Fsp3) is 0.500. The van der Waals surface area contributed by atoms with E-state index in [2.05, 4.69) is 15.9 Å². The Hall–Kier alpha value is -0.870. The summed E-state index contributed by atoms with van der Waals surface area (Å²) in [4.78, 5) is 12.4. The van der Waals surface area contributed by atoms with E-state index in [1.807, 2.05) is 12.1 Å². The molecule has 98 valence electrons. The molecule has 1 aromatic carbocycles. The van der Waals surface area contributed by atoms with Crippen molar-refractivity contribution in [2.24, 2.45) is 0 Å². The molecule has 1 aliphatic carbocycles. The van der Waals surface area contributed by atoms with Gasteiger partial charge >= 0.3 is 0 Å². The Morgan fingerprint density at radius 2 is 2.11 bits per heavy atom. The molecule has 1 saturated carbocycles. The van der Waals surface area contributed by atoms with Crippen molar-refractivity contribution in [1.82, 2.24) is 0 Å². The predicted octanol–water partition coefficient (Wildman–Crippen LogP) is 3.60. The largest absolute Gasteiger partial charge is 0.496 e. The van der Waals surface area contributed by atoms with Gasteiger partial charge in [-0.3, -0.25) is 4.79 Å². The quantitative estimate of drug-likeness (QED) is 0.779. The summed E-state index contributed by atoms with van der Waals surface area (Å²) >= 11 is 3.38. The van der Waals surface area contributed by atoms with Gasteiger partial charge < -0.3 is 9.47 Å². The molecule has 0 heterocycles. The second-order valence-corrected chi connectivity index (χ2v) is 5.60. The van der Waals surface area contributed by atoms with Gasteiger partial charge in [0.15, 0.2) is 5.78 Å². The first-order chi connectivity index (χ1) is 8.60. The van der Waals surface area contributed by atoms with E-state index in [9.17, 15) is 4.79 Å². The third-order valence-electron chi connectivity index (χ3n) is 3.64. The number of carbonyl (C=O) groups excluding carboxylic acids is 1. The number of ether oxygens (including phenoxy) is 2. The summed E-state index contributed by atoms with van der Waals surface area (Å²) in [6.07, 6.45) is 3.49. The first-order valence-electron chi connectivity index (χ1n) is 6.02. The molecule has 1 fully saturated rings. The SMILES string of the molecule is COc1ccc(Br)cc1C(=O)CC1(OC)CCC1. The van der Waals surface area contributed by atoms with Crippen LogP contribution >= 0.6 is 15.9 Å². The molecule has 1 aromatic rings. The lowest BCUT2D eigenvalue weighted by molar-refractivity contribution is -0.0705. The van der Waals surface area contributed by atoms with Crippen LogP contribution in [0.1, 0.15) is 36.0 Å². The molecule has 18 heavy (non-hydrogen) atoms. The van der Waals surface area contributed by atoms with Crippen LogP contribution in [-0.4, -0.2) is 25.6 Å². The van der Waals surface area contributed by atoms with Crippen molar-refractivity contribution in [3.63, 3.8) is 0 Å². The topological polar surface area (TPSA) is 35.5 Å². The first-order valence-corrected chi connectivity index (χ1v) is 6.81. The highest BCUT2D eigenvalue weighted by molar-refractivity contribution is 9.10. The Balaban J connectivity index is 2.20. The van der Waals surface area contributed by atoms with Gasteiger partial charge in [-0.15, -0.1) is 0 Å². The number of methoxy groups -OCH3 is 2. The molecule has 3 nitrogen and oxygen atoms in total. The number of halogens is 1. The van der Waals surface area contributed by atoms with Gasteiger partial charge in [0.2, 0.25) is 0 Å². The molecule has 2 rings (SSSR count). The van der Waals surface area contributed by atoms with Crippen LogP contribution in [0, 0.1) is 0 Å². The van der Waals surface area contributed by atoms with E-state index in [0.717, 1.165) is 23.7 Å². The average molecular weight is 313 g/mol. The van der Waals surface area contributed by atoms with E-state index in [1.165, 1.54) is 0 Å². The van der Waals surface area contributed by atoms with Crippen LogP contribution < -0.4 is 4.74 Å². The van der Waals surface area contributed by atoms with Crippen LogP contribution in [-0.2, 0) is 4.74 Å². The summed E-state index contributed by atoms with van der Waals surface area (Å²) in [5.74, 6) is 0.698. The Labute approximate surface area is 116 Å². The van der Waals surface area contributed by atoms with Gasteiger partial charge in [0.25, 0.3) is 0 Å². The lowest BCUT2D eigenvalue weighted by atomic mass is 9.75. The summed E-state index contributed by atoms with van der Waals surface area (Å²) in [5, 5.41) is 0. The summed E-state index contributed by atoms with van der Waals surface area (Å²) in [5.41, 5.74) is 0.375. The lowest BCUT2D eigenvalue weighted by Crippen LogP contribution is -2.41. The monoisotopic (exact) mass is 312 g/mol. The molecular weight excluding hydrogens is 296 g/mol. The molecule has 0 atom stereocenters. The van der Waals surface area contributed by atoms with Gasteiger partial charge in [-0.05, 0) is 37.5 Å². The molecule has 0 radical (unpaired) electrons. The smallest absolute Gasteiger partial charge is 0.169 e. The van der Waals surface area contributed by atoms with Crippen LogP contribution in [0.15, 0.2) is 22.7 Å². The number of ketones is 1. The third-order valence-corrected chi connectivity index (χ3v) is 4.14. The summed E-state index contributed by atoms with van der Waals surface area (Å²) in [6.45, 7) is 0. The predicted molar refractivity (Wildman–Crippen MR) is 73.2 cm³/mol. The summed E-state index contributed by atoms with van der Waals surface area (Å²) in [7, 11) is 3.26. The number of Topliss-reactive ketones (excluding diaryl/α,β-unsaturated/α-hetero) is 1. The van der Waals surface area contributed by atoms with Crippen LogP contribution in [0.2, 0.25) is 0 Å². The molecule has 0 saturated heterocycles. The average Bonchev–Trinajstić information content (AvgIpc) is 2.33. The number of hydrogen-bond donors (Lipinski definition) is 0. The third kappa shape index (κ3) is 2.59. The van der Waals surface area contributed by atoms with Crippen LogP contribution in [0.5, 0.6) is 5.75 Å². The number of benzene rings is 1. The summed E-state index contributed by atoms with van der Waals surface area (Å²) < 4.78 is 11.6. The van der Waals surface area contributed by atoms with E-state index in [1.54, 1.807) is 20.3 Å². The Kier molecular flexibility index (Phi) is 4.07. The normalized spacial score (nSPS) is 17.1. The van der Waals surface area contributed by atoms with Crippen molar-refractivity contribution in [3.8, 4) is 5.75 Å². The van der Waals surface area contributed by atoms with E-state index in [0.29, 0.717) is 17.7 Å². The number of hydrogen-bond acceptors (Lipinski definition) is 3. The minimum absolute atomic E-state index is 0.0784. The van der Waals surface area contributed by atoms with Crippen molar-refractivity contribution < 1.29 is 14.3 Å². The first kappa shape index (κ1) is 13.6. The van der Waals surface area contributed by atoms with Gasteiger partial charge in [-0.2, -0.15) is 0 Å². The van der Waals surface area contributed by atoms with Crippen molar-refractivity contribution in [2.45, 2.75) is 31.3 Å². The number of carbonyl (C=O) groups is 1. The highest BCUT2D eigenvalue weighted by atomic mass is 79.9. The molecule has 0 aromatic heterocycles. The van der Waals surface area contributed by atoms with Gasteiger partial charge in [-0.25, -0.2) is 0 Å². The highest BCUT2D eigenvalue weighted by Gasteiger charge is 2.39. The van der Waals surface area contributed by atoms with Gasteiger partial charge in [0.1, 0.15) is 5.75 Å². The van der Waals surface area contributed by atoms with Gasteiger partial charge in [0.05, 0.1) is 18.3 Å². The molecular formula is C14H17BrO3. The van der Waals surface area contributed by atoms with Crippen LogP contribution in [0.25, 0.3) is 0 Å². The zero-order valence-corrected chi connectivity index (χ0v) is 12.2. The molecule has 0 amide bonds. The zero-order valence-electron chi connectivity index (χ0n) is 10.7.